The molecule has 0 aliphatic rings. The predicted octanol–water partition coefficient (Wildman–Crippen LogP) is 0.767. The van der Waals surface area contributed by atoms with Crippen LogP contribution in [0.4, 0.5) is 0 Å². The van der Waals surface area contributed by atoms with Crippen molar-refractivity contribution < 1.29 is 23.6 Å². The van der Waals surface area contributed by atoms with Gasteiger partial charge in [-0.2, -0.15) is 0 Å². The third kappa shape index (κ3) is 4.85. The summed E-state index contributed by atoms with van der Waals surface area (Å²) in [4.78, 5) is 8.75. The second-order valence-electron chi connectivity index (χ2n) is 2.76. The van der Waals surface area contributed by atoms with E-state index in [2.05, 4.69) is 9.05 Å². The summed E-state index contributed by atoms with van der Waals surface area (Å²) in [7, 11) is -2.86. The van der Waals surface area contributed by atoms with Gasteiger partial charge in [0, 0.05) is 7.11 Å². The molecule has 2 unspecified atom stereocenters. The second kappa shape index (κ2) is 4.94. The Labute approximate surface area is 71.9 Å². The van der Waals surface area contributed by atoms with Gasteiger partial charge in [0.2, 0.25) is 0 Å². The first-order valence-electron chi connectivity index (χ1n) is 3.60. The highest BCUT2D eigenvalue weighted by Crippen LogP contribution is 2.42. The lowest BCUT2D eigenvalue weighted by molar-refractivity contribution is 0.0510. The largest absolute Gasteiger partial charge is 0.472 e. The van der Waals surface area contributed by atoms with E-state index >= 15 is 0 Å². The molecule has 0 aliphatic heterocycles. The molecule has 0 heterocycles. The maximum absolute atomic E-state index is 10.7. The fraction of sp³-hybridized carbons (Fsp3) is 1.00. The van der Waals surface area contributed by atoms with Crippen molar-refractivity contribution in [3.05, 3.63) is 0 Å². The standard InChI is InChI=1S/C6H15O5P/c1-5(2)6(7)4-11-12(8,9)10-3/h5-7H,4H2,1-3H3,(H,8,9). The number of aliphatic hydroxyl groups excluding tert-OH is 1. The van der Waals surface area contributed by atoms with Crippen LogP contribution in [0.1, 0.15) is 13.8 Å². The molecule has 0 aromatic carbocycles. The molecule has 5 nitrogen and oxygen atoms in total. The van der Waals surface area contributed by atoms with Crippen LogP contribution in [-0.2, 0) is 13.6 Å². The van der Waals surface area contributed by atoms with Crippen molar-refractivity contribution in [1.82, 2.24) is 0 Å². The Hall–Kier alpha value is 0.0700. The van der Waals surface area contributed by atoms with Gasteiger partial charge in [0.15, 0.2) is 0 Å². The molecule has 0 amide bonds. The number of phosphoric ester groups is 1. The summed E-state index contributed by atoms with van der Waals surface area (Å²) < 4.78 is 19.3. The zero-order valence-electron chi connectivity index (χ0n) is 7.43. The predicted molar refractivity (Wildman–Crippen MR) is 43.6 cm³/mol. The first-order chi connectivity index (χ1) is 5.39. The fourth-order valence-corrected chi connectivity index (χ4v) is 0.862. The van der Waals surface area contributed by atoms with Crippen LogP contribution in [0.15, 0.2) is 0 Å². The quantitative estimate of drug-likeness (QED) is 0.638. The fourth-order valence-electron chi connectivity index (χ4n) is 0.416. The normalized spacial score (nSPS) is 19.2. The second-order valence-corrected chi connectivity index (χ2v) is 4.32. The number of hydrogen-bond acceptors (Lipinski definition) is 4. The Balaban J connectivity index is 3.76. The van der Waals surface area contributed by atoms with Gasteiger partial charge in [-0.15, -0.1) is 0 Å². The Kier molecular flexibility index (Phi) is 4.97. The summed E-state index contributed by atoms with van der Waals surface area (Å²) >= 11 is 0. The monoisotopic (exact) mass is 198 g/mol. The molecule has 74 valence electrons. The van der Waals surface area contributed by atoms with Gasteiger partial charge in [-0.3, -0.25) is 9.05 Å². The van der Waals surface area contributed by atoms with E-state index in [1.165, 1.54) is 0 Å². The molecular weight excluding hydrogens is 183 g/mol. The average molecular weight is 198 g/mol. The summed E-state index contributed by atoms with van der Waals surface area (Å²) in [5.74, 6) is -0.0122. The topological polar surface area (TPSA) is 76.0 Å². The number of phosphoric acid groups is 1. The summed E-state index contributed by atoms with van der Waals surface area (Å²) in [6.07, 6.45) is -0.749. The highest BCUT2D eigenvalue weighted by atomic mass is 31.2. The molecule has 0 saturated carbocycles. The molecule has 6 heteroatoms. The molecule has 0 aliphatic carbocycles. The first kappa shape index (κ1) is 12.1. The smallest absolute Gasteiger partial charge is 0.390 e. The molecular formula is C6H15O5P. The van der Waals surface area contributed by atoms with E-state index in [4.69, 9.17) is 4.89 Å². The summed E-state index contributed by atoms with van der Waals surface area (Å²) in [5.41, 5.74) is 0. The Morgan fingerprint density at radius 3 is 2.33 bits per heavy atom. The highest BCUT2D eigenvalue weighted by Gasteiger charge is 2.21. The van der Waals surface area contributed by atoms with Crippen molar-refractivity contribution in [2.75, 3.05) is 13.7 Å². The Bertz CT molecular complexity index is 169. The van der Waals surface area contributed by atoms with E-state index in [9.17, 15) is 9.67 Å². The van der Waals surface area contributed by atoms with Gasteiger partial charge >= 0.3 is 7.82 Å². The van der Waals surface area contributed by atoms with Crippen molar-refractivity contribution in [3.63, 3.8) is 0 Å². The third-order valence-corrected chi connectivity index (χ3v) is 2.35. The van der Waals surface area contributed by atoms with Crippen LogP contribution in [0.5, 0.6) is 0 Å². The molecule has 0 fully saturated rings. The van der Waals surface area contributed by atoms with E-state index in [1.54, 1.807) is 13.8 Å². The van der Waals surface area contributed by atoms with Crippen molar-refractivity contribution >= 4 is 7.82 Å². The lowest BCUT2D eigenvalue weighted by Gasteiger charge is -2.15. The van der Waals surface area contributed by atoms with Crippen LogP contribution < -0.4 is 0 Å². The SMILES string of the molecule is COP(=O)(O)OCC(O)C(C)C. The summed E-state index contributed by atoms with van der Waals surface area (Å²) in [6, 6.07) is 0. The van der Waals surface area contributed by atoms with Crippen LogP contribution in [0.25, 0.3) is 0 Å². The minimum atomic E-state index is -3.93. The van der Waals surface area contributed by atoms with Gasteiger partial charge < -0.3 is 10.00 Å². The van der Waals surface area contributed by atoms with Crippen molar-refractivity contribution in [2.24, 2.45) is 5.92 Å². The lowest BCUT2D eigenvalue weighted by Crippen LogP contribution is -2.20. The molecule has 2 N–H and O–H groups in total. The molecule has 0 radical (unpaired) electrons. The van der Waals surface area contributed by atoms with E-state index < -0.39 is 13.9 Å². The number of aliphatic hydroxyl groups is 1. The average Bonchev–Trinajstić information content (AvgIpc) is 2.00. The molecule has 0 aromatic heterocycles. The third-order valence-electron chi connectivity index (χ3n) is 1.41. The van der Waals surface area contributed by atoms with Gasteiger partial charge in [0.25, 0.3) is 0 Å². The number of rotatable bonds is 5. The summed E-state index contributed by atoms with van der Waals surface area (Å²) in [6.45, 7) is 3.37. The van der Waals surface area contributed by atoms with Gasteiger partial charge in [-0.1, -0.05) is 13.8 Å². The maximum atomic E-state index is 10.7. The first-order valence-corrected chi connectivity index (χ1v) is 5.09. The van der Waals surface area contributed by atoms with E-state index in [0.717, 1.165) is 7.11 Å². The zero-order valence-corrected chi connectivity index (χ0v) is 8.32. The highest BCUT2D eigenvalue weighted by molar-refractivity contribution is 7.47. The Morgan fingerprint density at radius 1 is 1.50 bits per heavy atom. The molecule has 0 aromatic rings. The van der Waals surface area contributed by atoms with Gasteiger partial charge in [-0.25, -0.2) is 4.57 Å². The van der Waals surface area contributed by atoms with Gasteiger partial charge in [0.1, 0.15) is 0 Å². The van der Waals surface area contributed by atoms with Gasteiger partial charge in [0.05, 0.1) is 12.7 Å². The van der Waals surface area contributed by atoms with E-state index in [-0.39, 0.29) is 12.5 Å². The lowest BCUT2D eigenvalue weighted by atomic mass is 10.1. The Morgan fingerprint density at radius 2 is 2.00 bits per heavy atom. The molecule has 2 atom stereocenters. The molecule has 12 heavy (non-hydrogen) atoms. The molecule has 0 spiro atoms. The van der Waals surface area contributed by atoms with Crippen LogP contribution in [-0.4, -0.2) is 29.8 Å². The maximum Gasteiger partial charge on any atom is 0.472 e. The molecule has 0 bridgehead atoms. The van der Waals surface area contributed by atoms with Crippen LogP contribution in [0, 0.1) is 5.92 Å². The van der Waals surface area contributed by atoms with E-state index in [1.807, 2.05) is 0 Å². The van der Waals surface area contributed by atoms with Gasteiger partial charge in [-0.05, 0) is 5.92 Å². The molecule has 0 saturated heterocycles. The van der Waals surface area contributed by atoms with Crippen molar-refractivity contribution in [3.8, 4) is 0 Å². The van der Waals surface area contributed by atoms with Crippen LogP contribution in [0.2, 0.25) is 0 Å². The molecule has 0 rings (SSSR count). The zero-order chi connectivity index (χ0) is 9.78. The van der Waals surface area contributed by atoms with Crippen molar-refractivity contribution in [1.29, 1.82) is 0 Å². The van der Waals surface area contributed by atoms with Crippen LogP contribution >= 0.6 is 7.82 Å². The van der Waals surface area contributed by atoms with Crippen molar-refractivity contribution in [2.45, 2.75) is 20.0 Å². The van der Waals surface area contributed by atoms with Crippen LogP contribution in [0.3, 0.4) is 0 Å². The summed E-state index contributed by atoms with van der Waals surface area (Å²) in [5, 5.41) is 9.17. The minimum Gasteiger partial charge on any atom is -0.390 e. The minimum absolute atomic E-state index is 0.0122. The van der Waals surface area contributed by atoms with E-state index in [0.29, 0.717) is 0 Å². The number of hydrogen-bond donors (Lipinski definition) is 2.